The standard InChI is InChI=1S/C7H7FN4/c1-9-7-11-10-6-3-2-5(8)4-12(6)7/h2-4H,1H3,(H,9,11). The van der Waals surface area contributed by atoms with Gasteiger partial charge in [-0.25, -0.2) is 4.39 Å². The highest BCUT2D eigenvalue weighted by Crippen LogP contribution is 2.08. The lowest BCUT2D eigenvalue weighted by Gasteiger charge is -1.96. The zero-order valence-electron chi connectivity index (χ0n) is 6.45. The van der Waals surface area contributed by atoms with E-state index in [4.69, 9.17) is 0 Å². The van der Waals surface area contributed by atoms with E-state index in [2.05, 4.69) is 15.5 Å². The van der Waals surface area contributed by atoms with E-state index in [1.165, 1.54) is 12.3 Å². The average Bonchev–Trinajstić information content (AvgIpc) is 2.46. The predicted molar refractivity (Wildman–Crippen MR) is 42.5 cm³/mol. The van der Waals surface area contributed by atoms with E-state index < -0.39 is 0 Å². The maximum atomic E-state index is 12.7. The van der Waals surface area contributed by atoms with Gasteiger partial charge < -0.3 is 5.32 Å². The maximum Gasteiger partial charge on any atom is 0.228 e. The van der Waals surface area contributed by atoms with Crippen LogP contribution in [0.3, 0.4) is 0 Å². The molecule has 5 heteroatoms. The van der Waals surface area contributed by atoms with Gasteiger partial charge in [0.2, 0.25) is 5.95 Å². The van der Waals surface area contributed by atoms with Crippen LogP contribution in [0.15, 0.2) is 18.3 Å². The van der Waals surface area contributed by atoms with E-state index in [0.717, 1.165) is 0 Å². The highest BCUT2D eigenvalue weighted by Gasteiger charge is 2.02. The second-order valence-corrected chi connectivity index (χ2v) is 2.35. The Morgan fingerprint density at radius 2 is 2.25 bits per heavy atom. The Morgan fingerprint density at radius 3 is 3.00 bits per heavy atom. The van der Waals surface area contributed by atoms with Crippen molar-refractivity contribution in [2.24, 2.45) is 0 Å². The van der Waals surface area contributed by atoms with E-state index >= 15 is 0 Å². The molecule has 0 aliphatic rings. The molecule has 2 heterocycles. The summed E-state index contributed by atoms with van der Waals surface area (Å²) in [5.41, 5.74) is 0.626. The molecule has 2 aromatic rings. The summed E-state index contributed by atoms with van der Waals surface area (Å²) in [5.74, 6) is 0.225. The SMILES string of the molecule is CNc1nnc2ccc(F)cn12. The Bertz CT molecular complexity index is 409. The van der Waals surface area contributed by atoms with Gasteiger partial charge in [-0.15, -0.1) is 10.2 Å². The minimum Gasteiger partial charge on any atom is -0.357 e. The minimum atomic E-state index is -0.307. The van der Waals surface area contributed by atoms with Gasteiger partial charge in [0.25, 0.3) is 0 Å². The lowest BCUT2D eigenvalue weighted by molar-refractivity contribution is 0.619. The van der Waals surface area contributed by atoms with Gasteiger partial charge in [0.05, 0.1) is 0 Å². The predicted octanol–water partition coefficient (Wildman–Crippen LogP) is 0.910. The number of hydrogen-bond donors (Lipinski definition) is 1. The summed E-state index contributed by atoms with van der Waals surface area (Å²) in [5, 5.41) is 10.4. The van der Waals surface area contributed by atoms with Gasteiger partial charge in [0.15, 0.2) is 5.65 Å². The van der Waals surface area contributed by atoms with E-state index in [0.29, 0.717) is 11.6 Å². The zero-order chi connectivity index (χ0) is 8.55. The number of nitrogens with one attached hydrogen (secondary N) is 1. The molecule has 0 atom stereocenters. The lowest BCUT2D eigenvalue weighted by Crippen LogP contribution is -1.95. The molecule has 0 saturated carbocycles. The number of hydrogen-bond acceptors (Lipinski definition) is 3. The Balaban J connectivity index is 2.75. The van der Waals surface area contributed by atoms with Crippen molar-refractivity contribution in [3.63, 3.8) is 0 Å². The molecular weight excluding hydrogens is 159 g/mol. The molecule has 0 aliphatic carbocycles. The van der Waals surface area contributed by atoms with Crippen LogP contribution in [0.1, 0.15) is 0 Å². The molecule has 0 unspecified atom stereocenters. The van der Waals surface area contributed by atoms with Crippen molar-refractivity contribution < 1.29 is 4.39 Å². The van der Waals surface area contributed by atoms with Gasteiger partial charge in [-0.2, -0.15) is 0 Å². The van der Waals surface area contributed by atoms with Crippen molar-refractivity contribution in [2.75, 3.05) is 12.4 Å². The van der Waals surface area contributed by atoms with E-state index in [1.54, 1.807) is 17.5 Å². The summed E-state index contributed by atoms with van der Waals surface area (Å²) in [6.07, 6.45) is 1.33. The number of rotatable bonds is 1. The molecule has 0 fully saturated rings. The second kappa shape index (κ2) is 2.44. The quantitative estimate of drug-likeness (QED) is 0.684. The summed E-state index contributed by atoms with van der Waals surface area (Å²) in [7, 11) is 1.71. The van der Waals surface area contributed by atoms with Crippen LogP contribution in [-0.2, 0) is 0 Å². The number of nitrogens with zero attached hydrogens (tertiary/aromatic N) is 3. The first-order chi connectivity index (χ1) is 5.81. The Labute approximate surface area is 68.0 Å². The Kier molecular flexibility index (Phi) is 1.43. The minimum absolute atomic E-state index is 0.307. The topological polar surface area (TPSA) is 42.2 Å². The smallest absolute Gasteiger partial charge is 0.228 e. The number of fused-ring (bicyclic) bond motifs is 1. The van der Waals surface area contributed by atoms with Crippen LogP contribution in [0.4, 0.5) is 10.3 Å². The number of pyridine rings is 1. The molecule has 0 radical (unpaired) electrons. The number of halogens is 1. The fourth-order valence-corrected chi connectivity index (χ4v) is 1.04. The van der Waals surface area contributed by atoms with Gasteiger partial charge in [-0.3, -0.25) is 4.40 Å². The van der Waals surface area contributed by atoms with Crippen LogP contribution in [0.5, 0.6) is 0 Å². The summed E-state index contributed by atoms with van der Waals surface area (Å²) >= 11 is 0. The van der Waals surface area contributed by atoms with Gasteiger partial charge in [-0.05, 0) is 12.1 Å². The fourth-order valence-electron chi connectivity index (χ4n) is 1.04. The maximum absolute atomic E-state index is 12.7. The van der Waals surface area contributed by atoms with E-state index in [1.807, 2.05) is 0 Å². The normalized spacial score (nSPS) is 10.5. The summed E-state index contributed by atoms with van der Waals surface area (Å²) in [4.78, 5) is 0. The summed E-state index contributed by atoms with van der Waals surface area (Å²) in [6.45, 7) is 0. The molecule has 1 N–H and O–H groups in total. The Hall–Kier alpha value is -1.65. The fraction of sp³-hybridized carbons (Fsp3) is 0.143. The molecule has 0 saturated heterocycles. The van der Waals surface area contributed by atoms with Crippen LogP contribution < -0.4 is 5.32 Å². The van der Waals surface area contributed by atoms with Gasteiger partial charge in [0, 0.05) is 13.2 Å². The molecule has 2 aromatic heterocycles. The van der Waals surface area contributed by atoms with Crippen LogP contribution in [0.2, 0.25) is 0 Å². The van der Waals surface area contributed by atoms with Crippen LogP contribution in [-0.4, -0.2) is 21.6 Å². The zero-order valence-corrected chi connectivity index (χ0v) is 6.45. The van der Waals surface area contributed by atoms with Gasteiger partial charge in [0.1, 0.15) is 5.82 Å². The highest BCUT2D eigenvalue weighted by molar-refractivity contribution is 5.44. The molecule has 4 nitrogen and oxygen atoms in total. The first-order valence-corrected chi connectivity index (χ1v) is 3.49. The first kappa shape index (κ1) is 7.02. The van der Waals surface area contributed by atoms with Crippen LogP contribution in [0, 0.1) is 5.82 Å². The summed E-state index contributed by atoms with van der Waals surface area (Å²) in [6, 6.07) is 2.92. The average molecular weight is 166 g/mol. The van der Waals surface area contributed by atoms with Crippen LogP contribution >= 0.6 is 0 Å². The van der Waals surface area contributed by atoms with E-state index in [-0.39, 0.29) is 5.82 Å². The third-order valence-corrected chi connectivity index (χ3v) is 1.59. The molecule has 12 heavy (non-hydrogen) atoms. The largest absolute Gasteiger partial charge is 0.357 e. The molecule has 2 rings (SSSR count). The van der Waals surface area contributed by atoms with E-state index in [9.17, 15) is 4.39 Å². The highest BCUT2D eigenvalue weighted by atomic mass is 19.1. The molecular formula is C7H7FN4. The monoisotopic (exact) mass is 166 g/mol. The van der Waals surface area contributed by atoms with Gasteiger partial charge >= 0.3 is 0 Å². The summed E-state index contributed by atoms with van der Waals surface area (Å²) < 4.78 is 14.3. The van der Waals surface area contributed by atoms with Gasteiger partial charge in [-0.1, -0.05) is 0 Å². The lowest BCUT2D eigenvalue weighted by atomic mass is 10.4. The van der Waals surface area contributed by atoms with Crippen molar-refractivity contribution in [3.05, 3.63) is 24.1 Å². The number of aromatic nitrogens is 3. The molecule has 0 spiro atoms. The second-order valence-electron chi connectivity index (χ2n) is 2.35. The van der Waals surface area contributed by atoms with Crippen LogP contribution in [0.25, 0.3) is 5.65 Å². The molecule has 0 aliphatic heterocycles. The molecule has 0 aromatic carbocycles. The third-order valence-electron chi connectivity index (χ3n) is 1.59. The van der Waals surface area contributed by atoms with Crippen molar-refractivity contribution in [3.8, 4) is 0 Å². The van der Waals surface area contributed by atoms with Crippen molar-refractivity contribution in [1.29, 1.82) is 0 Å². The van der Waals surface area contributed by atoms with Crippen molar-refractivity contribution >= 4 is 11.6 Å². The van der Waals surface area contributed by atoms with Crippen molar-refractivity contribution in [1.82, 2.24) is 14.6 Å². The molecule has 62 valence electrons. The first-order valence-electron chi connectivity index (χ1n) is 3.49. The Morgan fingerprint density at radius 1 is 1.42 bits per heavy atom. The van der Waals surface area contributed by atoms with Crippen molar-refractivity contribution in [2.45, 2.75) is 0 Å². The third kappa shape index (κ3) is 0.903. The molecule has 0 bridgehead atoms. The number of anilines is 1. The molecule has 0 amide bonds.